The quantitative estimate of drug-likeness (QED) is 0.811. The van der Waals surface area contributed by atoms with Crippen LogP contribution in [0.4, 0.5) is 18.9 Å². The molecule has 10 heteroatoms. The van der Waals surface area contributed by atoms with Gasteiger partial charge in [-0.1, -0.05) is 0 Å². The third kappa shape index (κ3) is 4.02. The van der Waals surface area contributed by atoms with Crippen LogP contribution in [0.3, 0.4) is 0 Å². The molecule has 3 N–H and O–H groups in total. The van der Waals surface area contributed by atoms with Gasteiger partial charge in [-0.3, -0.25) is 9.79 Å². The molecule has 3 rings (SSSR count). The number of alkyl halides is 2. The van der Waals surface area contributed by atoms with Crippen molar-refractivity contribution in [2.75, 3.05) is 25.6 Å². The number of ether oxygens (including phenoxy) is 2. The van der Waals surface area contributed by atoms with Gasteiger partial charge >= 0.3 is 0 Å². The summed E-state index contributed by atoms with van der Waals surface area (Å²) < 4.78 is 53.8. The summed E-state index contributed by atoms with van der Waals surface area (Å²) in [5.41, 5.74) is 3.05. The highest BCUT2D eigenvalue weighted by atomic mass is 19.3. The second-order valence-electron chi connectivity index (χ2n) is 6.60. The molecular formula is C19H19F3N4O3. The van der Waals surface area contributed by atoms with Crippen molar-refractivity contribution in [3.63, 3.8) is 0 Å². The molecule has 1 aliphatic heterocycles. The number of carbonyl (C=O) groups excluding carboxylic acids is 1. The van der Waals surface area contributed by atoms with Crippen LogP contribution in [0, 0.1) is 5.82 Å². The van der Waals surface area contributed by atoms with Gasteiger partial charge in [-0.2, -0.15) is 0 Å². The molecule has 1 aliphatic rings. The summed E-state index contributed by atoms with van der Waals surface area (Å²) in [6.45, 7) is -0.185. The second kappa shape index (κ2) is 7.70. The van der Waals surface area contributed by atoms with Crippen LogP contribution in [0.5, 0.6) is 5.75 Å². The molecule has 154 valence electrons. The van der Waals surface area contributed by atoms with Gasteiger partial charge in [0, 0.05) is 11.3 Å². The van der Waals surface area contributed by atoms with Crippen LogP contribution in [0.2, 0.25) is 0 Å². The van der Waals surface area contributed by atoms with Gasteiger partial charge in [-0.15, -0.1) is 0 Å². The van der Waals surface area contributed by atoms with Crippen molar-refractivity contribution in [1.29, 1.82) is 0 Å². The maximum absolute atomic E-state index is 14.7. The molecular weight excluding hydrogens is 389 g/mol. The van der Waals surface area contributed by atoms with Gasteiger partial charge in [0.2, 0.25) is 0 Å². The van der Waals surface area contributed by atoms with E-state index >= 15 is 0 Å². The first-order chi connectivity index (χ1) is 13.7. The fourth-order valence-corrected chi connectivity index (χ4v) is 2.89. The minimum absolute atomic E-state index is 0.0679. The van der Waals surface area contributed by atoms with Crippen LogP contribution in [0.25, 0.3) is 0 Å². The van der Waals surface area contributed by atoms with E-state index in [1.54, 1.807) is 6.07 Å². The fourth-order valence-electron chi connectivity index (χ4n) is 2.89. The van der Waals surface area contributed by atoms with Gasteiger partial charge in [0.15, 0.2) is 5.54 Å². The number of aliphatic imine (C=N–C) groups is 1. The monoisotopic (exact) mass is 408 g/mol. The van der Waals surface area contributed by atoms with Gasteiger partial charge in [-0.25, -0.2) is 18.2 Å². The smallest absolute Gasteiger partial charge is 0.299 e. The van der Waals surface area contributed by atoms with Crippen molar-refractivity contribution >= 4 is 17.4 Å². The Morgan fingerprint density at radius 3 is 2.72 bits per heavy atom. The van der Waals surface area contributed by atoms with E-state index in [2.05, 4.69) is 15.3 Å². The number of amidine groups is 1. The highest BCUT2D eigenvalue weighted by Crippen LogP contribution is 2.44. The van der Waals surface area contributed by atoms with Gasteiger partial charge in [0.25, 0.3) is 11.8 Å². The van der Waals surface area contributed by atoms with Crippen LogP contribution in [-0.2, 0) is 10.3 Å². The van der Waals surface area contributed by atoms with Crippen molar-refractivity contribution in [1.82, 2.24) is 4.98 Å². The first kappa shape index (κ1) is 20.6. The van der Waals surface area contributed by atoms with Crippen molar-refractivity contribution in [3.8, 4) is 5.75 Å². The lowest BCUT2D eigenvalue weighted by molar-refractivity contribution is -0.116. The van der Waals surface area contributed by atoms with Crippen molar-refractivity contribution < 1.29 is 27.4 Å². The molecule has 1 unspecified atom stereocenters. The molecule has 0 saturated heterocycles. The summed E-state index contributed by atoms with van der Waals surface area (Å²) >= 11 is 0. The first-order valence-corrected chi connectivity index (χ1v) is 8.57. The number of nitrogens with two attached hydrogens (primary N) is 1. The van der Waals surface area contributed by atoms with Gasteiger partial charge in [-0.05, 0) is 37.3 Å². The zero-order chi connectivity index (χ0) is 21.2. The Kier molecular flexibility index (Phi) is 5.47. The third-order valence-corrected chi connectivity index (χ3v) is 4.57. The number of carbonyl (C=O) groups is 1. The third-order valence-electron chi connectivity index (χ3n) is 4.57. The molecule has 0 saturated carbocycles. The largest absolute Gasteiger partial charge is 0.495 e. The van der Waals surface area contributed by atoms with Gasteiger partial charge in [0.1, 0.15) is 36.3 Å². The predicted octanol–water partition coefficient (Wildman–Crippen LogP) is 2.72. The number of benzene rings is 1. The number of nitrogens with one attached hydrogen (secondary N) is 1. The summed E-state index contributed by atoms with van der Waals surface area (Å²) in [6, 6.07) is 6.31. The van der Waals surface area contributed by atoms with Crippen LogP contribution in [-0.4, -0.2) is 43.0 Å². The van der Waals surface area contributed by atoms with E-state index in [1.807, 2.05) is 0 Å². The number of amides is 1. The Labute approximate surface area is 164 Å². The predicted molar refractivity (Wildman–Crippen MR) is 99.9 cm³/mol. The highest BCUT2D eigenvalue weighted by molar-refractivity contribution is 6.02. The van der Waals surface area contributed by atoms with E-state index in [0.29, 0.717) is 5.75 Å². The molecule has 2 aromatic rings. The molecule has 1 aromatic heterocycles. The van der Waals surface area contributed by atoms with Gasteiger partial charge < -0.3 is 20.5 Å². The van der Waals surface area contributed by atoms with Crippen LogP contribution in [0.1, 0.15) is 23.0 Å². The lowest BCUT2D eigenvalue weighted by Gasteiger charge is -2.33. The molecule has 1 atom stereocenters. The SMILES string of the molecule is COc1ccc(C(=O)Nc2ccc(F)c(C3(C)N=C(N)COCC3(F)F)c2)nc1. The molecule has 0 spiro atoms. The summed E-state index contributed by atoms with van der Waals surface area (Å²) in [5.74, 6) is -4.76. The minimum atomic E-state index is -3.53. The average Bonchev–Trinajstić information content (AvgIpc) is 2.78. The van der Waals surface area contributed by atoms with E-state index in [9.17, 15) is 18.0 Å². The molecule has 0 radical (unpaired) electrons. The molecule has 2 heterocycles. The summed E-state index contributed by atoms with van der Waals surface area (Å²) in [5, 5.41) is 2.51. The number of rotatable bonds is 4. The van der Waals surface area contributed by atoms with Crippen LogP contribution in [0.15, 0.2) is 41.5 Å². The molecule has 1 aromatic carbocycles. The lowest BCUT2D eigenvalue weighted by Crippen LogP contribution is -2.45. The van der Waals surface area contributed by atoms with Crippen molar-refractivity contribution in [3.05, 3.63) is 53.6 Å². The molecule has 1 amide bonds. The number of aromatic nitrogens is 1. The minimum Gasteiger partial charge on any atom is -0.495 e. The highest BCUT2D eigenvalue weighted by Gasteiger charge is 2.54. The average molecular weight is 408 g/mol. The van der Waals surface area contributed by atoms with Crippen LogP contribution >= 0.6 is 0 Å². The Morgan fingerprint density at radius 2 is 2.07 bits per heavy atom. The maximum atomic E-state index is 14.7. The van der Waals surface area contributed by atoms with Crippen LogP contribution < -0.4 is 15.8 Å². The number of hydrogen-bond donors (Lipinski definition) is 2. The van der Waals surface area contributed by atoms with E-state index < -0.39 is 35.4 Å². The van der Waals surface area contributed by atoms with E-state index in [1.165, 1.54) is 25.4 Å². The van der Waals surface area contributed by atoms with E-state index in [4.69, 9.17) is 15.2 Å². The normalized spacial score (nSPS) is 21.1. The number of nitrogens with zero attached hydrogens (tertiary/aromatic N) is 2. The Bertz CT molecular complexity index is 950. The summed E-state index contributed by atoms with van der Waals surface area (Å²) in [4.78, 5) is 20.2. The maximum Gasteiger partial charge on any atom is 0.299 e. The van der Waals surface area contributed by atoms with E-state index in [0.717, 1.165) is 19.1 Å². The number of methoxy groups -OCH3 is 1. The second-order valence-corrected chi connectivity index (χ2v) is 6.60. The number of hydrogen-bond acceptors (Lipinski definition) is 6. The molecule has 0 bridgehead atoms. The lowest BCUT2D eigenvalue weighted by atomic mass is 9.85. The fraction of sp³-hybridized carbons (Fsp3) is 0.316. The van der Waals surface area contributed by atoms with Gasteiger partial charge in [0.05, 0.1) is 13.3 Å². The molecule has 29 heavy (non-hydrogen) atoms. The summed E-state index contributed by atoms with van der Waals surface area (Å²) in [6.07, 6.45) is 1.36. The molecule has 0 fully saturated rings. The van der Waals surface area contributed by atoms with Crippen molar-refractivity contribution in [2.45, 2.75) is 18.4 Å². The molecule has 7 nitrogen and oxygen atoms in total. The van der Waals surface area contributed by atoms with Crippen molar-refractivity contribution in [2.24, 2.45) is 10.7 Å². The summed E-state index contributed by atoms with van der Waals surface area (Å²) in [7, 11) is 1.46. The standard InChI is InChI=1S/C19H19F3N4O3/c1-18(19(21,22)10-29-9-16(23)26-18)13-7-11(3-5-14(13)20)25-17(27)15-6-4-12(28-2)8-24-15/h3-8H,9-10H2,1-2H3,(H2,23,26)(H,25,27). The zero-order valence-electron chi connectivity index (χ0n) is 15.7. The topological polar surface area (TPSA) is 98.8 Å². The Morgan fingerprint density at radius 1 is 1.31 bits per heavy atom. The number of halogens is 3. The first-order valence-electron chi connectivity index (χ1n) is 8.57. The van der Waals surface area contributed by atoms with E-state index in [-0.39, 0.29) is 23.8 Å². The Balaban J connectivity index is 1.95. The zero-order valence-corrected chi connectivity index (χ0v) is 15.7. The number of anilines is 1. The Hall–Kier alpha value is -3.14. The number of pyridine rings is 1. The molecule has 0 aliphatic carbocycles.